The van der Waals surface area contributed by atoms with Crippen molar-refractivity contribution in [3.05, 3.63) is 24.3 Å². The Kier molecular flexibility index (Phi) is 49.8. The molecule has 0 aliphatic carbocycles. The third-order valence-electron chi connectivity index (χ3n) is 12.2. The summed E-state index contributed by atoms with van der Waals surface area (Å²) in [5.74, 6) is -0.855. The molecule has 0 fully saturated rings. The maximum atomic E-state index is 12.8. The lowest BCUT2D eigenvalue weighted by Gasteiger charge is -2.18. The second-order valence-corrected chi connectivity index (χ2v) is 18.5. The number of carbonyl (C=O) groups is 3. The van der Waals surface area contributed by atoms with E-state index in [9.17, 15) is 14.4 Å². The van der Waals surface area contributed by atoms with Gasteiger partial charge >= 0.3 is 17.9 Å². The first-order chi connectivity index (χ1) is 30.5. The molecular formula is C56H104O6. The van der Waals surface area contributed by atoms with Crippen molar-refractivity contribution < 1.29 is 28.6 Å². The van der Waals surface area contributed by atoms with Crippen LogP contribution in [0.2, 0.25) is 0 Å². The average molecular weight is 873 g/mol. The van der Waals surface area contributed by atoms with E-state index in [0.29, 0.717) is 19.3 Å². The maximum Gasteiger partial charge on any atom is 0.306 e. The fourth-order valence-corrected chi connectivity index (χ4v) is 8.06. The molecule has 0 saturated carbocycles. The number of carbonyl (C=O) groups excluding carboxylic acids is 3. The van der Waals surface area contributed by atoms with E-state index in [4.69, 9.17) is 14.2 Å². The highest BCUT2D eigenvalue weighted by Gasteiger charge is 2.19. The minimum Gasteiger partial charge on any atom is -0.462 e. The highest BCUT2D eigenvalue weighted by Crippen LogP contribution is 2.16. The van der Waals surface area contributed by atoms with Crippen molar-refractivity contribution in [2.75, 3.05) is 13.2 Å². The summed E-state index contributed by atoms with van der Waals surface area (Å²) >= 11 is 0. The summed E-state index contributed by atoms with van der Waals surface area (Å²) in [5.41, 5.74) is 0. The van der Waals surface area contributed by atoms with Crippen molar-refractivity contribution in [3.8, 4) is 0 Å². The monoisotopic (exact) mass is 873 g/mol. The van der Waals surface area contributed by atoms with E-state index in [-0.39, 0.29) is 31.1 Å². The van der Waals surface area contributed by atoms with Crippen LogP contribution in [-0.2, 0) is 28.6 Å². The van der Waals surface area contributed by atoms with Crippen LogP contribution in [0.25, 0.3) is 0 Å². The Bertz CT molecular complexity index is 1000. The first kappa shape index (κ1) is 59.9. The van der Waals surface area contributed by atoms with Gasteiger partial charge < -0.3 is 14.2 Å². The van der Waals surface area contributed by atoms with Gasteiger partial charge in [-0.15, -0.1) is 0 Å². The first-order valence-corrected chi connectivity index (χ1v) is 27.3. The second kappa shape index (κ2) is 51.5. The van der Waals surface area contributed by atoms with E-state index in [1.54, 1.807) is 0 Å². The van der Waals surface area contributed by atoms with Crippen molar-refractivity contribution in [2.45, 2.75) is 303 Å². The molecular weight excluding hydrogens is 769 g/mol. The number of unbranched alkanes of at least 4 members (excludes halogenated alkanes) is 35. The van der Waals surface area contributed by atoms with Crippen LogP contribution in [0.15, 0.2) is 24.3 Å². The summed E-state index contributed by atoms with van der Waals surface area (Å²) < 4.78 is 16.8. The van der Waals surface area contributed by atoms with Gasteiger partial charge in [-0.1, -0.05) is 251 Å². The number of hydrogen-bond acceptors (Lipinski definition) is 6. The lowest BCUT2D eigenvalue weighted by atomic mass is 10.0. The number of hydrogen-bond donors (Lipinski definition) is 0. The first-order valence-electron chi connectivity index (χ1n) is 27.3. The highest BCUT2D eigenvalue weighted by atomic mass is 16.6. The summed E-state index contributed by atoms with van der Waals surface area (Å²) in [6, 6.07) is 0. The van der Waals surface area contributed by atoms with Crippen molar-refractivity contribution >= 4 is 17.9 Å². The van der Waals surface area contributed by atoms with Crippen LogP contribution >= 0.6 is 0 Å². The van der Waals surface area contributed by atoms with Gasteiger partial charge in [0.1, 0.15) is 13.2 Å². The molecule has 0 N–H and O–H groups in total. The van der Waals surface area contributed by atoms with E-state index in [0.717, 1.165) is 64.2 Å². The molecule has 0 aliphatic heterocycles. The molecule has 0 aromatic rings. The van der Waals surface area contributed by atoms with Gasteiger partial charge in [0.05, 0.1) is 0 Å². The minimum absolute atomic E-state index is 0.0672. The van der Waals surface area contributed by atoms with Gasteiger partial charge in [-0.2, -0.15) is 0 Å². The number of ether oxygens (including phenoxy) is 3. The Hall–Kier alpha value is -2.11. The predicted molar refractivity (Wildman–Crippen MR) is 266 cm³/mol. The number of rotatable bonds is 50. The maximum absolute atomic E-state index is 12.8. The Morgan fingerprint density at radius 1 is 0.323 bits per heavy atom. The second-order valence-electron chi connectivity index (χ2n) is 18.5. The molecule has 0 aliphatic rings. The third-order valence-corrected chi connectivity index (χ3v) is 12.2. The smallest absolute Gasteiger partial charge is 0.306 e. The molecule has 0 bridgehead atoms. The average Bonchev–Trinajstić information content (AvgIpc) is 3.27. The Morgan fingerprint density at radius 3 is 0.919 bits per heavy atom. The van der Waals surface area contributed by atoms with E-state index in [2.05, 4.69) is 45.1 Å². The molecule has 0 unspecified atom stereocenters. The summed E-state index contributed by atoms with van der Waals surface area (Å²) in [6.45, 7) is 6.64. The number of allylic oxidation sites excluding steroid dienone is 4. The number of esters is 3. The fourth-order valence-electron chi connectivity index (χ4n) is 8.06. The zero-order valence-electron chi connectivity index (χ0n) is 41.7. The van der Waals surface area contributed by atoms with Crippen LogP contribution < -0.4 is 0 Å². The fraction of sp³-hybridized carbons (Fsp3) is 0.875. The largest absolute Gasteiger partial charge is 0.462 e. The van der Waals surface area contributed by atoms with Crippen LogP contribution in [-0.4, -0.2) is 37.2 Å². The van der Waals surface area contributed by atoms with Crippen LogP contribution in [0.5, 0.6) is 0 Å². The normalized spacial score (nSPS) is 12.1. The molecule has 62 heavy (non-hydrogen) atoms. The lowest BCUT2D eigenvalue weighted by molar-refractivity contribution is -0.167. The van der Waals surface area contributed by atoms with Gasteiger partial charge in [0, 0.05) is 19.3 Å². The molecule has 0 rings (SSSR count). The standard InChI is InChI=1S/C56H104O6/c1-4-7-10-13-16-19-22-25-26-27-28-29-30-32-35-37-40-43-46-49-55(58)61-52-53(62-56(59)50-47-44-41-38-33-24-21-18-15-12-9-6-3)51-60-54(57)48-45-42-39-36-34-31-23-20-17-14-11-8-5-2/h16,19,25-26,53H,4-15,17-18,20-24,27-52H2,1-3H3/b19-16-,26-25-/t53-/m0/s1. The Morgan fingerprint density at radius 2 is 0.581 bits per heavy atom. The molecule has 1 atom stereocenters. The molecule has 0 spiro atoms. The molecule has 0 radical (unpaired) electrons. The molecule has 6 heteroatoms. The molecule has 0 aromatic heterocycles. The minimum atomic E-state index is -0.766. The summed E-state index contributed by atoms with van der Waals surface area (Å²) in [5, 5.41) is 0. The van der Waals surface area contributed by atoms with E-state index in [1.165, 1.54) is 193 Å². The van der Waals surface area contributed by atoms with Crippen LogP contribution in [0, 0.1) is 0 Å². The molecule has 0 saturated heterocycles. The molecule has 0 aromatic carbocycles. The summed E-state index contributed by atoms with van der Waals surface area (Å²) in [6.07, 6.45) is 58.7. The zero-order chi connectivity index (χ0) is 45.1. The topological polar surface area (TPSA) is 78.9 Å². The quantitative estimate of drug-likeness (QED) is 0.0262. The predicted octanol–water partition coefficient (Wildman–Crippen LogP) is 17.9. The molecule has 0 amide bonds. The third kappa shape index (κ3) is 48.9. The molecule has 0 heterocycles. The van der Waals surface area contributed by atoms with E-state index >= 15 is 0 Å². The van der Waals surface area contributed by atoms with E-state index < -0.39 is 6.10 Å². The molecule has 6 nitrogen and oxygen atoms in total. The highest BCUT2D eigenvalue weighted by molar-refractivity contribution is 5.71. The van der Waals surface area contributed by atoms with Gasteiger partial charge in [0.15, 0.2) is 6.10 Å². The van der Waals surface area contributed by atoms with E-state index in [1.807, 2.05) is 0 Å². The Labute approximate surface area is 385 Å². The van der Waals surface area contributed by atoms with Crippen molar-refractivity contribution in [1.82, 2.24) is 0 Å². The van der Waals surface area contributed by atoms with Gasteiger partial charge in [-0.05, 0) is 51.4 Å². The molecule has 364 valence electrons. The zero-order valence-corrected chi connectivity index (χ0v) is 41.7. The van der Waals surface area contributed by atoms with Crippen LogP contribution in [0.3, 0.4) is 0 Å². The van der Waals surface area contributed by atoms with Gasteiger partial charge in [0.2, 0.25) is 0 Å². The van der Waals surface area contributed by atoms with Crippen LogP contribution in [0.4, 0.5) is 0 Å². The van der Waals surface area contributed by atoms with Crippen LogP contribution in [0.1, 0.15) is 297 Å². The van der Waals surface area contributed by atoms with Gasteiger partial charge in [-0.3, -0.25) is 14.4 Å². The SMILES string of the molecule is CCCCC/C=C\C/C=C\CCCCCCCCCCCC(=O)OC[C@H](COC(=O)CCCCCCCCCCCCCCC)OC(=O)CCCCCCCCCCCCCC. The Balaban J connectivity index is 4.29. The van der Waals surface area contributed by atoms with Crippen molar-refractivity contribution in [1.29, 1.82) is 0 Å². The van der Waals surface area contributed by atoms with Gasteiger partial charge in [-0.25, -0.2) is 0 Å². The summed E-state index contributed by atoms with van der Waals surface area (Å²) in [7, 11) is 0. The lowest BCUT2D eigenvalue weighted by Crippen LogP contribution is -2.30. The van der Waals surface area contributed by atoms with Gasteiger partial charge in [0.25, 0.3) is 0 Å². The van der Waals surface area contributed by atoms with Crippen molar-refractivity contribution in [3.63, 3.8) is 0 Å². The summed E-state index contributed by atoms with van der Waals surface area (Å²) in [4.78, 5) is 38.0. The van der Waals surface area contributed by atoms with Crippen molar-refractivity contribution in [2.24, 2.45) is 0 Å².